The van der Waals surface area contributed by atoms with Crippen molar-refractivity contribution in [2.24, 2.45) is 4.99 Å². The average Bonchev–Trinajstić information content (AvgIpc) is 2.95. The molecule has 37 heavy (non-hydrogen) atoms. The fraction of sp³-hybridized carbons (Fsp3) is 0.219. The van der Waals surface area contributed by atoms with Crippen LogP contribution in [0.3, 0.4) is 0 Å². The third-order valence-electron chi connectivity index (χ3n) is 7.63. The van der Waals surface area contributed by atoms with E-state index in [0.29, 0.717) is 22.1 Å². The van der Waals surface area contributed by atoms with Gasteiger partial charge < -0.3 is 14.7 Å². The van der Waals surface area contributed by atoms with E-state index in [0.717, 1.165) is 37.2 Å². The van der Waals surface area contributed by atoms with E-state index < -0.39 is 0 Å². The van der Waals surface area contributed by atoms with E-state index in [9.17, 15) is 5.11 Å². The van der Waals surface area contributed by atoms with Crippen molar-refractivity contribution in [3.05, 3.63) is 117 Å². The van der Waals surface area contributed by atoms with E-state index in [2.05, 4.69) is 93.6 Å². The molecule has 0 bridgehead atoms. The van der Waals surface area contributed by atoms with Crippen molar-refractivity contribution < 1.29 is 9.84 Å². The molecule has 0 saturated carbocycles. The molecule has 4 nitrogen and oxygen atoms in total. The molecule has 0 aromatic heterocycles. The zero-order valence-electron chi connectivity index (χ0n) is 20.8. The van der Waals surface area contributed by atoms with Gasteiger partial charge in [0.2, 0.25) is 0 Å². The molecule has 2 aliphatic heterocycles. The lowest BCUT2D eigenvalue weighted by Crippen LogP contribution is -2.37. The lowest BCUT2D eigenvalue weighted by Gasteiger charge is -2.43. The highest BCUT2D eigenvalue weighted by molar-refractivity contribution is 9.10. The van der Waals surface area contributed by atoms with Crippen molar-refractivity contribution in [2.45, 2.75) is 24.7 Å². The Morgan fingerprint density at radius 3 is 1.97 bits per heavy atom. The molecule has 5 heteroatoms. The van der Waals surface area contributed by atoms with E-state index in [1.54, 1.807) is 13.2 Å². The Hall–Kier alpha value is -3.57. The second kappa shape index (κ2) is 10.1. The highest BCUT2D eigenvalue weighted by Crippen LogP contribution is 2.50. The monoisotopic (exact) mass is 552 g/mol. The van der Waals surface area contributed by atoms with Crippen LogP contribution in [0.15, 0.2) is 94.4 Å². The topological polar surface area (TPSA) is 45.1 Å². The zero-order chi connectivity index (χ0) is 25.4. The first kappa shape index (κ1) is 23.8. The fourth-order valence-electron chi connectivity index (χ4n) is 5.89. The molecule has 0 radical (unpaired) electrons. The molecule has 0 aliphatic carbocycles. The summed E-state index contributed by atoms with van der Waals surface area (Å²) < 4.78 is 5.91. The van der Waals surface area contributed by atoms with Crippen LogP contribution in [0.2, 0.25) is 0 Å². The number of phenols is 1. The maximum Gasteiger partial charge on any atom is 0.172 e. The molecule has 0 saturated heterocycles. The summed E-state index contributed by atoms with van der Waals surface area (Å²) in [5.74, 6) is 1.20. The molecule has 4 aromatic carbocycles. The number of hydrogen-bond donors (Lipinski definition) is 1. The highest BCUT2D eigenvalue weighted by atomic mass is 79.9. The third kappa shape index (κ3) is 4.53. The molecule has 1 N–H and O–H groups in total. The lowest BCUT2D eigenvalue weighted by atomic mass is 9.76. The molecule has 0 fully saturated rings. The van der Waals surface area contributed by atoms with Gasteiger partial charge in [-0.05, 0) is 80.9 Å². The number of rotatable bonds is 5. The quantitative estimate of drug-likeness (QED) is 0.257. The standard InChI is InChI=1S/C32H29BrN2O2/c1-37-30-17-21(16-29(33)32(30)36)20-34-24-18-27-25(22-8-4-2-5-9-22)12-14-35-15-13-26(28(19-24)31(27)35)23-10-6-3-7-11-23/h2-11,16-20,25-26,36H,12-15H2,1H3/t25-,26-/m0/s1. The Labute approximate surface area is 226 Å². The Kier molecular flexibility index (Phi) is 6.47. The predicted molar refractivity (Wildman–Crippen MR) is 154 cm³/mol. The molecule has 0 amide bonds. The summed E-state index contributed by atoms with van der Waals surface area (Å²) in [6.07, 6.45) is 4.04. The van der Waals surface area contributed by atoms with Crippen LogP contribution in [0.4, 0.5) is 11.4 Å². The smallest absolute Gasteiger partial charge is 0.172 e. The van der Waals surface area contributed by atoms with Gasteiger partial charge in [-0.15, -0.1) is 0 Å². The molecular formula is C32H29BrN2O2. The van der Waals surface area contributed by atoms with Crippen LogP contribution >= 0.6 is 15.9 Å². The Bertz CT molecular complexity index is 1380. The normalized spacial score (nSPS) is 18.6. The van der Waals surface area contributed by atoms with Crippen molar-refractivity contribution >= 4 is 33.5 Å². The lowest BCUT2D eigenvalue weighted by molar-refractivity contribution is 0.372. The number of phenolic OH excluding ortho intramolecular Hbond substituents is 1. The van der Waals surface area contributed by atoms with E-state index in [1.807, 2.05) is 12.3 Å². The van der Waals surface area contributed by atoms with Crippen LogP contribution in [-0.2, 0) is 0 Å². The minimum atomic E-state index is 0.0920. The molecule has 0 spiro atoms. The van der Waals surface area contributed by atoms with Crippen LogP contribution in [-0.4, -0.2) is 31.5 Å². The highest BCUT2D eigenvalue weighted by Gasteiger charge is 2.35. The van der Waals surface area contributed by atoms with Gasteiger partial charge in [0.1, 0.15) is 0 Å². The summed E-state index contributed by atoms with van der Waals surface area (Å²) >= 11 is 3.42. The third-order valence-corrected chi connectivity index (χ3v) is 8.24. The van der Waals surface area contributed by atoms with Crippen molar-refractivity contribution in [1.29, 1.82) is 0 Å². The van der Waals surface area contributed by atoms with Crippen LogP contribution < -0.4 is 9.64 Å². The van der Waals surface area contributed by atoms with Crippen molar-refractivity contribution in [3.8, 4) is 11.5 Å². The first-order valence-electron chi connectivity index (χ1n) is 12.8. The second-order valence-electron chi connectivity index (χ2n) is 9.78. The van der Waals surface area contributed by atoms with Crippen LogP contribution in [0, 0.1) is 0 Å². The van der Waals surface area contributed by atoms with E-state index >= 15 is 0 Å². The summed E-state index contributed by atoms with van der Waals surface area (Å²) in [5.41, 5.74) is 8.66. The van der Waals surface area contributed by atoms with E-state index in [-0.39, 0.29) is 5.75 Å². The van der Waals surface area contributed by atoms with Gasteiger partial charge in [-0.1, -0.05) is 60.7 Å². The Morgan fingerprint density at radius 1 is 0.865 bits per heavy atom. The molecule has 6 rings (SSSR count). The number of ether oxygens (including phenoxy) is 1. The number of halogens is 1. The molecule has 2 heterocycles. The zero-order valence-corrected chi connectivity index (χ0v) is 22.4. The van der Waals surface area contributed by atoms with Gasteiger partial charge in [0, 0.05) is 36.8 Å². The summed E-state index contributed by atoms with van der Waals surface area (Å²) in [5, 5.41) is 10.2. The molecule has 2 atom stereocenters. The molecule has 0 unspecified atom stereocenters. The fourth-order valence-corrected chi connectivity index (χ4v) is 6.35. The van der Waals surface area contributed by atoms with Crippen molar-refractivity contribution in [2.75, 3.05) is 25.1 Å². The minimum absolute atomic E-state index is 0.0920. The van der Waals surface area contributed by atoms with Crippen LogP contribution in [0.1, 0.15) is 52.5 Å². The summed E-state index contributed by atoms with van der Waals surface area (Å²) in [4.78, 5) is 7.53. The molecule has 186 valence electrons. The number of aromatic hydroxyl groups is 1. The summed E-state index contributed by atoms with van der Waals surface area (Å²) in [6.45, 7) is 2.15. The van der Waals surface area contributed by atoms with Gasteiger partial charge in [0.25, 0.3) is 0 Å². The van der Waals surface area contributed by atoms with Gasteiger partial charge in [-0.2, -0.15) is 0 Å². The number of nitrogens with zero attached hydrogens (tertiary/aromatic N) is 2. The predicted octanol–water partition coefficient (Wildman–Crippen LogP) is 7.79. The van der Waals surface area contributed by atoms with E-state index in [1.165, 1.54) is 27.9 Å². The summed E-state index contributed by atoms with van der Waals surface area (Å²) in [6, 6.07) is 29.9. The number of benzene rings is 4. The SMILES string of the molecule is COc1cc(C=Nc2cc3c4c(c2)[C@H](c2ccccc2)CCN4CC[C@H]3c2ccccc2)cc(Br)c1O. The van der Waals surface area contributed by atoms with Gasteiger partial charge in [-0.25, -0.2) is 0 Å². The van der Waals surface area contributed by atoms with Crippen molar-refractivity contribution in [1.82, 2.24) is 0 Å². The van der Waals surface area contributed by atoms with Gasteiger partial charge >= 0.3 is 0 Å². The minimum Gasteiger partial charge on any atom is -0.503 e. The first-order valence-corrected chi connectivity index (χ1v) is 13.5. The largest absolute Gasteiger partial charge is 0.503 e. The van der Waals surface area contributed by atoms with E-state index in [4.69, 9.17) is 9.73 Å². The number of aliphatic imine (C=N–C) groups is 1. The number of hydrogen-bond acceptors (Lipinski definition) is 4. The maximum atomic E-state index is 10.2. The maximum absolute atomic E-state index is 10.2. The average molecular weight is 554 g/mol. The Morgan fingerprint density at radius 2 is 1.43 bits per heavy atom. The first-order chi connectivity index (χ1) is 18.1. The van der Waals surface area contributed by atoms with Gasteiger partial charge in [0.05, 0.1) is 17.3 Å². The molecule has 2 aliphatic rings. The molecule has 4 aromatic rings. The number of anilines is 1. The van der Waals surface area contributed by atoms with Crippen LogP contribution in [0.25, 0.3) is 0 Å². The number of methoxy groups -OCH3 is 1. The van der Waals surface area contributed by atoms with Crippen LogP contribution in [0.5, 0.6) is 11.5 Å². The van der Waals surface area contributed by atoms with Gasteiger partial charge in [-0.3, -0.25) is 4.99 Å². The molecular weight excluding hydrogens is 524 g/mol. The second-order valence-corrected chi connectivity index (χ2v) is 10.6. The summed E-state index contributed by atoms with van der Waals surface area (Å²) in [7, 11) is 1.55. The Balaban J connectivity index is 1.49. The van der Waals surface area contributed by atoms with Gasteiger partial charge in [0.15, 0.2) is 11.5 Å². The van der Waals surface area contributed by atoms with Crippen molar-refractivity contribution in [3.63, 3.8) is 0 Å².